The highest BCUT2D eigenvalue weighted by Crippen LogP contribution is 2.30. The summed E-state index contributed by atoms with van der Waals surface area (Å²) >= 11 is 0. The molecule has 1 fully saturated rings. The molecule has 0 unspecified atom stereocenters. The lowest BCUT2D eigenvalue weighted by atomic mass is 10.0. The number of imidazole rings is 1. The zero-order valence-corrected chi connectivity index (χ0v) is 26.8. The number of piperidine rings is 1. The number of anilines is 2. The lowest BCUT2D eigenvalue weighted by molar-refractivity contribution is 0.0630. The van der Waals surface area contributed by atoms with Crippen molar-refractivity contribution in [3.8, 4) is 11.3 Å². The summed E-state index contributed by atoms with van der Waals surface area (Å²) in [5.41, 5.74) is 2.33. The van der Waals surface area contributed by atoms with E-state index in [4.69, 9.17) is 4.98 Å². The fourth-order valence-corrected chi connectivity index (χ4v) is 5.78. The molecule has 1 aliphatic heterocycles. The van der Waals surface area contributed by atoms with Gasteiger partial charge in [0.25, 0.3) is 5.91 Å². The number of benzene rings is 1. The molecule has 44 heavy (non-hydrogen) atoms. The Bertz CT molecular complexity index is 1630. The fraction of sp³-hybridized carbons (Fsp3) is 0.500. The minimum atomic E-state index is -1.09. The Morgan fingerprint density at radius 2 is 1.86 bits per heavy atom. The topological polar surface area (TPSA) is 108 Å². The van der Waals surface area contributed by atoms with Crippen LogP contribution in [0.3, 0.4) is 0 Å². The molecule has 1 aromatic carbocycles. The van der Waals surface area contributed by atoms with E-state index in [2.05, 4.69) is 63.4 Å². The molecule has 2 N–H and O–H groups in total. The molecule has 236 valence electrons. The molecule has 3 aromatic heterocycles. The number of carbonyl (C=O) groups excluding carboxylic acids is 1. The summed E-state index contributed by atoms with van der Waals surface area (Å²) in [6.07, 6.45) is 5.31. The maximum atomic E-state index is 15.7. The van der Waals surface area contributed by atoms with Crippen LogP contribution in [0.15, 0.2) is 36.7 Å². The van der Waals surface area contributed by atoms with Crippen molar-refractivity contribution in [2.24, 2.45) is 7.05 Å². The van der Waals surface area contributed by atoms with Gasteiger partial charge >= 0.3 is 0 Å². The third-order valence-electron chi connectivity index (χ3n) is 8.16. The van der Waals surface area contributed by atoms with Crippen molar-refractivity contribution in [3.63, 3.8) is 0 Å². The molecule has 4 heterocycles. The van der Waals surface area contributed by atoms with Crippen molar-refractivity contribution >= 4 is 28.6 Å². The molecule has 0 bridgehead atoms. The number of halogens is 1. The molecule has 0 spiro atoms. The average Bonchev–Trinajstić information content (AvgIpc) is 3.54. The smallest absolute Gasteiger partial charge is 0.261 e. The van der Waals surface area contributed by atoms with Gasteiger partial charge in [0.2, 0.25) is 5.95 Å². The largest absolute Gasteiger partial charge is 0.389 e. The first-order valence-electron chi connectivity index (χ1n) is 15.1. The van der Waals surface area contributed by atoms with Crippen LogP contribution in [0.2, 0.25) is 0 Å². The first-order valence-corrected chi connectivity index (χ1v) is 15.1. The van der Waals surface area contributed by atoms with Crippen LogP contribution in [0.25, 0.3) is 22.3 Å². The van der Waals surface area contributed by atoms with Crippen LogP contribution in [0.1, 0.15) is 42.7 Å². The standard InChI is InChI=1S/C32H44FN9O2/c1-21-16-25(28(33)29(35-21)22-18-34-40(7)19-22)30(43)37-31-36-26-9-8-24(17-27(26)42(31)20-32(2,3)44)41-12-10-23(11-13-41)39(6)15-14-38(4)5/h8-9,16-19,23,44H,10-15,20H2,1-7H3,(H,36,37,43). The third kappa shape index (κ3) is 7.09. The van der Waals surface area contributed by atoms with Gasteiger partial charge in [-0.3, -0.25) is 14.8 Å². The van der Waals surface area contributed by atoms with Crippen molar-refractivity contribution in [3.05, 3.63) is 53.7 Å². The van der Waals surface area contributed by atoms with Gasteiger partial charge in [0.1, 0.15) is 5.69 Å². The van der Waals surface area contributed by atoms with Gasteiger partial charge in [-0.2, -0.15) is 5.10 Å². The van der Waals surface area contributed by atoms with Crippen LogP contribution in [0, 0.1) is 12.7 Å². The highest BCUT2D eigenvalue weighted by Gasteiger charge is 2.26. The number of hydrogen-bond acceptors (Lipinski definition) is 8. The number of rotatable bonds is 10. The van der Waals surface area contributed by atoms with E-state index in [9.17, 15) is 9.90 Å². The Kier molecular flexibility index (Phi) is 9.05. The maximum absolute atomic E-state index is 15.7. The second-order valence-electron chi connectivity index (χ2n) is 12.8. The van der Waals surface area contributed by atoms with E-state index < -0.39 is 17.3 Å². The molecule has 11 nitrogen and oxygen atoms in total. The molecule has 0 saturated carbocycles. The van der Waals surface area contributed by atoms with E-state index >= 15 is 4.39 Å². The molecule has 4 aromatic rings. The number of aryl methyl sites for hydroxylation is 2. The molecular formula is C32H44FN9O2. The monoisotopic (exact) mass is 605 g/mol. The second-order valence-corrected chi connectivity index (χ2v) is 12.8. The predicted octanol–water partition coefficient (Wildman–Crippen LogP) is 3.76. The second kappa shape index (κ2) is 12.6. The van der Waals surface area contributed by atoms with Gasteiger partial charge in [-0.1, -0.05) is 0 Å². The maximum Gasteiger partial charge on any atom is 0.261 e. The van der Waals surface area contributed by atoms with Crippen molar-refractivity contribution < 1.29 is 14.3 Å². The normalized spacial score (nSPS) is 14.8. The number of aromatic nitrogens is 5. The van der Waals surface area contributed by atoms with Crippen LogP contribution >= 0.6 is 0 Å². The average molecular weight is 606 g/mol. The summed E-state index contributed by atoms with van der Waals surface area (Å²) in [4.78, 5) is 29.6. The number of likely N-dealkylation sites (N-methyl/N-ethyl adjacent to an activating group) is 2. The first kappa shape index (κ1) is 31.6. The van der Waals surface area contributed by atoms with Gasteiger partial charge in [-0.25, -0.2) is 14.4 Å². The van der Waals surface area contributed by atoms with E-state index in [1.54, 1.807) is 43.3 Å². The Morgan fingerprint density at radius 1 is 1.14 bits per heavy atom. The van der Waals surface area contributed by atoms with Crippen molar-refractivity contribution in [1.82, 2.24) is 34.1 Å². The van der Waals surface area contributed by atoms with Gasteiger partial charge in [0.15, 0.2) is 5.82 Å². The van der Waals surface area contributed by atoms with Crippen LogP contribution in [0.4, 0.5) is 16.0 Å². The summed E-state index contributed by atoms with van der Waals surface area (Å²) in [5, 5.41) is 17.7. The van der Waals surface area contributed by atoms with E-state index in [0.29, 0.717) is 22.8 Å². The molecular weight excluding hydrogens is 561 g/mol. The van der Waals surface area contributed by atoms with Crippen molar-refractivity contribution in [2.45, 2.75) is 51.8 Å². The predicted molar refractivity (Wildman–Crippen MR) is 172 cm³/mol. The Balaban J connectivity index is 1.41. The molecule has 0 radical (unpaired) electrons. The molecule has 12 heteroatoms. The summed E-state index contributed by atoms with van der Waals surface area (Å²) in [6, 6.07) is 8.03. The minimum absolute atomic E-state index is 0.0607. The van der Waals surface area contributed by atoms with Gasteiger partial charge in [-0.15, -0.1) is 0 Å². The molecule has 0 aliphatic carbocycles. The summed E-state index contributed by atoms with van der Waals surface area (Å²) in [7, 11) is 8.14. The van der Waals surface area contributed by atoms with Crippen molar-refractivity contribution in [2.75, 3.05) is 57.5 Å². The number of fused-ring (bicyclic) bond motifs is 1. The lowest BCUT2D eigenvalue weighted by Gasteiger charge is -2.38. The SMILES string of the molecule is Cc1cc(C(=O)Nc2nc3ccc(N4CCC(N(C)CCN(C)C)CC4)cc3n2CC(C)(C)O)c(F)c(-c2cnn(C)c2)n1. The molecule has 1 aliphatic rings. The summed E-state index contributed by atoms with van der Waals surface area (Å²) in [6.45, 7) is 9.26. The number of hydrogen-bond donors (Lipinski definition) is 2. The number of nitrogens with zero attached hydrogens (tertiary/aromatic N) is 8. The van der Waals surface area contributed by atoms with E-state index in [1.807, 2.05) is 6.07 Å². The van der Waals surface area contributed by atoms with Crippen molar-refractivity contribution in [1.29, 1.82) is 0 Å². The van der Waals surface area contributed by atoms with Gasteiger partial charge < -0.3 is 24.4 Å². The van der Waals surface area contributed by atoms with Crippen LogP contribution in [0.5, 0.6) is 0 Å². The summed E-state index contributed by atoms with van der Waals surface area (Å²) in [5.74, 6) is -1.14. The van der Waals surface area contributed by atoms with Gasteiger partial charge in [0.05, 0.1) is 34.9 Å². The number of nitrogens with one attached hydrogen (secondary N) is 1. The summed E-state index contributed by atoms with van der Waals surface area (Å²) < 4.78 is 19.0. The third-order valence-corrected chi connectivity index (χ3v) is 8.16. The lowest BCUT2D eigenvalue weighted by Crippen LogP contribution is -2.45. The fourth-order valence-electron chi connectivity index (χ4n) is 5.78. The van der Waals surface area contributed by atoms with E-state index in [0.717, 1.165) is 50.2 Å². The molecule has 1 saturated heterocycles. The number of pyridine rings is 1. The highest BCUT2D eigenvalue weighted by molar-refractivity contribution is 6.05. The number of carbonyl (C=O) groups is 1. The zero-order valence-electron chi connectivity index (χ0n) is 26.8. The zero-order chi connectivity index (χ0) is 31.8. The first-order chi connectivity index (χ1) is 20.8. The van der Waals surface area contributed by atoms with Gasteiger partial charge in [-0.05, 0) is 79.0 Å². The quantitative estimate of drug-likeness (QED) is 0.282. The Labute approximate surface area is 258 Å². The van der Waals surface area contributed by atoms with E-state index in [-0.39, 0.29) is 23.8 Å². The Hall–Kier alpha value is -3.87. The molecule has 1 amide bonds. The number of amides is 1. The molecule has 5 rings (SSSR count). The van der Waals surface area contributed by atoms with Crippen LogP contribution in [-0.2, 0) is 13.6 Å². The molecule has 0 atom stereocenters. The van der Waals surface area contributed by atoms with Crippen LogP contribution < -0.4 is 10.2 Å². The minimum Gasteiger partial charge on any atom is -0.389 e. The van der Waals surface area contributed by atoms with E-state index in [1.165, 1.54) is 12.3 Å². The highest BCUT2D eigenvalue weighted by atomic mass is 19.1. The number of aliphatic hydroxyl groups is 1. The van der Waals surface area contributed by atoms with Crippen LogP contribution in [-0.4, -0.2) is 104 Å². The Morgan fingerprint density at radius 3 is 2.50 bits per heavy atom. The van der Waals surface area contributed by atoms with Gasteiger partial charge in [0, 0.05) is 62.4 Å².